The molecule has 0 spiro atoms. The number of benzene rings is 2. The summed E-state index contributed by atoms with van der Waals surface area (Å²) in [5.41, 5.74) is 1.87. The monoisotopic (exact) mass is 458 g/mol. The molecular formula is C26H26N4O4. The second kappa shape index (κ2) is 11.8. The van der Waals surface area contributed by atoms with Crippen LogP contribution < -0.4 is 14.8 Å². The number of carbonyl (C=O) groups is 1. The summed E-state index contributed by atoms with van der Waals surface area (Å²) in [6.45, 7) is 4.93. The highest BCUT2D eigenvalue weighted by Crippen LogP contribution is 2.22. The van der Waals surface area contributed by atoms with Crippen LogP contribution in [0.5, 0.6) is 17.2 Å². The fraction of sp³-hybridized carbons (Fsp3) is 0.269. The largest absolute Gasteiger partial charge is 0.492 e. The zero-order valence-corrected chi connectivity index (χ0v) is 18.8. The molecule has 1 aliphatic heterocycles. The molecule has 1 aliphatic rings. The summed E-state index contributed by atoms with van der Waals surface area (Å²) in [5.74, 6) is 1.81. The Labute approximate surface area is 198 Å². The number of ether oxygens (including phenoxy) is 3. The number of rotatable bonds is 9. The van der Waals surface area contributed by atoms with Gasteiger partial charge in [-0.2, -0.15) is 5.26 Å². The summed E-state index contributed by atoms with van der Waals surface area (Å²) < 4.78 is 16.9. The lowest BCUT2D eigenvalue weighted by molar-refractivity contribution is -0.115. The zero-order valence-electron chi connectivity index (χ0n) is 18.8. The SMILES string of the molecule is N#Cc1cc(Oc2ccc(CC(=O)Nc3ccc(OCCN4CCOCC4)cc3)cc2)ccn1. The van der Waals surface area contributed by atoms with Crippen molar-refractivity contribution in [2.75, 3.05) is 44.8 Å². The van der Waals surface area contributed by atoms with E-state index in [1.54, 1.807) is 24.3 Å². The van der Waals surface area contributed by atoms with Crippen LogP contribution in [-0.4, -0.2) is 55.2 Å². The molecule has 0 bridgehead atoms. The van der Waals surface area contributed by atoms with Gasteiger partial charge < -0.3 is 19.5 Å². The second-order valence-electron chi connectivity index (χ2n) is 7.79. The first-order chi connectivity index (χ1) is 16.7. The minimum Gasteiger partial charge on any atom is -0.492 e. The van der Waals surface area contributed by atoms with E-state index in [-0.39, 0.29) is 12.3 Å². The minimum absolute atomic E-state index is 0.109. The average molecular weight is 459 g/mol. The van der Waals surface area contributed by atoms with Crippen molar-refractivity contribution in [2.45, 2.75) is 6.42 Å². The Kier molecular flexibility index (Phi) is 8.06. The van der Waals surface area contributed by atoms with Crippen LogP contribution in [0.15, 0.2) is 66.9 Å². The molecule has 1 aromatic heterocycles. The normalized spacial score (nSPS) is 13.6. The number of nitriles is 1. The maximum Gasteiger partial charge on any atom is 0.228 e. The van der Waals surface area contributed by atoms with Crippen molar-refractivity contribution < 1.29 is 19.0 Å². The van der Waals surface area contributed by atoms with E-state index in [9.17, 15) is 4.79 Å². The first-order valence-corrected chi connectivity index (χ1v) is 11.1. The lowest BCUT2D eigenvalue weighted by Crippen LogP contribution is -2.38. The molecule has 0 radical (unpaired) electrons. The van der Waals surface area contributed by atoms with Gasteiger partial charge in [-0.3, -0.25) is 9.69 Å². The molecule has 1 N–H and O–H groups in total. The van der Waals surface area contributed by atoms with Gasteiger partial charge in [0.25, 0.3) is 0 Å². The van der Waals surface area contributed by atoms with E-state index in [0.29, 0.717) is 23.8 Å². The van der Waals surface area contributed by atoms with Gasteiger partial charge in [0.15, 0.2) is 0 Å². The van der Waals surface area contributed by atoms with Crippen LogP contribution in [-0.2, 0) is 16.0 Å². The Morgan fingerprint density at radius 2 is 1.76 bits per heavy atom. The van der Waals surface area contributed by atoms with Crippen molar-refractivity contribution in [2.24, 2.45) is 0 Å². The number of hydrogen-bond donors (Lipinski definition) is 1. The highest BCUT2D eigenvalue weighted by Gasteiger charge is 2.10. The Morgan fingerprint density at radius 1 is 1.03 bits per heavy atom. The van der Waals surface area contributed by atoms with Crippen LogP contribution in [0.25, 0.3) is 0 Å². The van der Waals surface area contributed by atoms with Gasteiger partial charge in [-0.15, -0.1) is 0 Å². The second-order valence-corrected chi connectivity index (χ2v) is 7.79. The molecule has 0 saturated carbocycles. The molecule has 1 fully saturated rings. The molecule has 1 amide bonds. The summed E-state index contributed by atoms with van der Waals surface area (Å²) >= 11 is 0. The molecule has 0 aliphatic carbocycles. The van der Waals surface area contributed by atoms with Gasteiger partial charge >= 0.3 is 0 Å². The topological polar surface area (TPSA) is 96.7 Å². The third kappa shape index (κ3) is 7.04. The van der Waals surface area contributed by atoms with E-state index in [1.807, 2.05) is 42.5 Å². The number of nitrogens with zero attached hydrogens (tertiary/aromatic N) is 3. The average Bonchev–Trinajstić information content (AvgIpc) is 2.87. The third-order valence-corrected chi connectivity index (χ3v) is 5.29. The van der Waals surface area contributed by atoms with Crippen molar-refractivity contribution in [3.63, 3.8) is 0 Å². The summed E-state index contributed by atoms with van der Waals surface area (Å²) in [6, 6.07) is 19.9. The Balaban J connectivity index is 1.21. The van der Waals surface area contributed by atoms with Gasteiger partial charge in [-0.05, 0) is 48.0 Å². The summed E-state index contributed by atoms with van der Waals surface area (Å²) in [4.78, 5) is 18.7. The molecule has 1 saturated heterocycles. The van der Waals surface area contributed by atoms with Crippen molar-refractivity contribution in [3.8, 4) is 23.3 Å². The third-order valence-electron chi connectivity index (χ3n) is 5.29. The van der Waals surface area contributed by atoms with E-state index in [2.05, 4.69) is 15.2 Å². The first-order valence-electron chi connectivity index (χ1n) is 11.1. The van der Waals surface area contributed by atoms with E-state index >= 15 is 0 Å². The number of hydrogen-bond acceptors (Lipinski definition) is 7. The van der Waals surface area contributed by atoms with Crippen molar-refractivity contribution in [1.82, 2.24) is 9.88 Å². The van der Waals surface area contributed by atoms with Crippen LogP contribution in [0.1, 0.15) is 11.3 Å². The quantitative estimate of drug-likeness (QED) is 0.523. The van der Waals surface area contributed by atoms with Crippen LogP contribution in [0.3, 0.4) is 0 Å². The first kappa shape index (κ1) is 23.2. The van der Waals surface area contributed by atoms with Gasteiger partial charge in [0.2, 0.25) is 5.91 Å². The van der Waals surface area contributed by atoms with Gasteiger partial charge in [0, 0.05) is 37.6 Å². The molecule has 0 unspecified atom stereocenters. The molecule has 2 aromatic carbocycles. The van der Waals surface area contributed by atoms with Crippen LogP contribution >= 0.6 is 0 Å². The smallest absolute Gasteiger partial charge is 0.228 e. The minimum atomic E-state index is -0.109. The molecular weight excluding hydrogens is 432 g/mol. The molecule has 2 heterocycles. The number of amides is 1. The molecule has 0 atom stereocenters. The molecule has 8 heteroatoms. The fourth-order valence-corrected chi connectivity index (χ4v) is 3.49. The maximum atomic E-state index is 12.4. The van der Waals surface area contributed by atoms with Crippen molar-refractivity contribution >= 4 is 11.6 Å². The Hall–Kier alpha value is -3.93. The number of pyridine rings is 1. The number of morpholine rings is 1. The van der Waals surface area contributed by atoms with Crippen LogP contribution in [0.2, 0.25) is 0 Å². The maximum absolute atomic E-state index is 12.4. The summed E-state index contributed by atoms with van der Waals surface area (Å²) in [5, 5.41) is 11.8. The zero-order chi connectivity index (χ0) is 23.6. The van der Waals surface area contributed by atoms with E-state index in [4.69, 9.17) is 19.5 Å². The number of nitrogens with one attached hydrogen (secondary N) is 1. The molecule has 4 rings (SSSR count). The Bertz CT molecular complexity index is 1120. The highest BCUT2D eigenvalue weighted by atomic mass is 16.5. The molecule has 174 valence electrons. The van der Waals surface area contributed by atoms with Gasteiger partial charge in [-0.1, -0.05) is 12.1 Å². The summed E-state index contributed by atoms with van der Waals surface area (Å²) in [6.07, 6.45) is 1.77. The number of carbonyl (C=O) groups excluding carboxylic acids is 1. The summed E-state index contributed by atoms with van der Waals surface area (Å²) in [7, 11) is 0. The van der Waals surface area contributed by atoms with Gasteiger partial charge in [0.1, 0.15) is 35.6 Å². The van der Waals surface area contributed by atoms with E-state index < -0.39 is 0 Å². The fourth-order valence-electron chi connectivity index (χ4n) is 3.49. The molecule has 34 heavy (non-hydrogen) atoms. The molecule has 3 aromatic rings. The number of anilines is 1. The lowest BCUT2D eigenvalue weighted by Gasteiger charge is -2.26. The lowest BCUT2D eigenvalue weighted by atomic mass is 10.1. The van der Waals surface area contributed by atoms with Crippen molar-refractivity contribution in [3.05, 3.63) is 78.1 Å². The predicted molar refractivity (Wildman–Crippen MR) is 127 cm³/mol. The van der Waals surface area contributed by atoms with Gasteiger partial charge in [-0.25, -0.2) is 4.98 Å². The van der Waals surface area contributed by atoms with Crippen molar-refractivity contribution in [1.29, 1.82) is 5.26 Å². The Morgan fingerprint density at radius 3 is 2.50 bits per heavy atom. The standard InChI is InChI=1S/C26H26N4O4/c27-19-22-18-25(9-10-28-22)34-24-5-1-20(2-6-24)17-26(31)29-21-3-7-23(8-4-21)33-16-13-30-11-14-32-15-12-30/h1-10,18H,11-17H2,(H,29,31). The predicted octanol–water partition coefficient (Wildman–Crippen LogP) is 3.64. The highest BCUT2D eigenvalue weighted by molar-refractivity contribution is 5.92. The van der Waals surface area contributed by atoms with Crippen LogP contribution in [0.4, 0.5) is 5.69 Å². The number of aromatic nitrogens is 1. The van der Waals surface area contributed by atoms with Crippen LogP contribution in [0, 0.1) is 11.3 Å². The molecule has 8 nitrogen and oxygen atoms in total. The van der Waals surface area contributed by atoms with E-state index in [0.717, 1.165) is 49.8 Å². The van der Waals surface area contributed by atoms with E-state index in [1.165, 1.54) is 6.20 Å². The van der Waals surface area contributed by atoms with Gasteiger partial charge in [0.05, 0.1) is 19.6 Å².